The van der Waals surface area contributed by atoms with Crippen LogP contribution in [-0.2, 0) is 13.1 Å². The number of benzene rings is 1. The summed E-state index contributed by atoms with van der Waals surface area (Å²) in [7, 11) is 0. The second-order valence-electron chi connectivity index (χ2n) is 4.39. The van der Waals surface area contributed by atoms with Crippen molar-refractivity contribution in [3.05, 3.63) is 47.7 Å². The Kier molecular flexibility index (Phi) is 2.84. The van der Waals surface area contributed by atoms with E-state index in [1.165, 1.54) is 11.1 Å². The molecular weight excluding hydrogens is 224 g/mol. The second-order valence-corrected chi connectivity index (χ2v) is 4.39. The average molecular weight is 240 g/mol. The molecule has 18 heavy (non-hydrogen) atoms. The van der Waals surface area contributed by atoms with Crippen LogP contribution in [0, 0.1) is 0 Å². The molecule has 0 bridgehead atoms. The first-order valence-corrected chi connectivity index (χ1v) is 6.25. The van der Waals surface area contributed by atoms with Gasteiger partial charge in [0.15, 0.2) is 0 Å². The maximum absolute atomic E-state index is 4.53. The van der Waals surface area contributed by atoms with Gasteiger partial charge in [0.25, 0.3) is 0 Å². The highest BCUT2D eigenvalue weighted by Gasteiger charge is 2.19. The molecule has 0 spiro atoms. The van der Waals surface area contributed by atoms with Crippen molar-refractivity contribution in [2.75, 3.05) is 16.8 Å². The predicted octanol–water partition coefficient (Wildman–Crippen LogP) is 2.43. The monoisotopic (exact) mass is 240 g/mol. The van der Waals surface area contributed by atoms with Gasteiger partial charge in [-0.3, -0.25) is 0 Å². The van der Waals surface area contributed by atoms with E-state index in [9.17, 15) is 0 Å². The Morgan fingerprint density at radius 3 is 2.56 bits per heavy atom. The summed E-state index contributed by atoms with van der Waals surface area (Å²) in [6, 6.07) is 10.5. The first-order valence-electron chi connectivity index (χ1n) is 6.25. The van der Waals surface area contributed by atoms with Crippen molar-refractivity contribution < 1.29 is 0 Å². The predicted molar refractivity (Wildman–Crippen MR) is 72.5 cm³/mol. The van der Waals surface area contributed by atoms with E-state index < -0.39 is 0 Å². The molecule has 1 aromatic carbocycles. The van der Waals surface area contributed by atoms with Gasteiger partial charge in [0.05, 0.1) is 0 Å². The average Bonchev–Trinajstić information content (AvgIpc) is 2.83. The Labute approximate surface area is 107 Å². The molecule has 2 heterocycles. The van der Waals surface area contributed by atoms with Crippen molar-refractivity contribution >= 4 is 11.8 Å². The van der Waals surface area contributed by atoms with Gasteiger partial charge in [-0.1, -0.05) is 24.3 Å². The minimum Gasteiger partial charge on any atom is -0.354 e. The number of hydrogen-bond acceptors (Lipinski definition) is 4. The lowest BCUT2D eigenvalue weighted by Gasteiger charge is -2.16. The molecule has 0 saturated heterocycles. The summed E-state index contributed by atoms with van der Waals surface area (Å²) in [5, 5.41) is 3.14. The first kappa shape index (κ1) is 11.0. The molecule has 0 amide bonds. The van der Waals surface area contributed by atoms with Gasteiger partial charge in [0, 0.05) is 25.8 Å². The highest BCUT2D eigenvalue weighted by Crippen LogP contribution is 2.26. The number of fused-ring (bicyclic) bond motifs is 1. The van der Waals surface area contributed by atoms with Crippen LogP contribution in [-0.4, -0.2) is 16.5 Å². The third-order valence-electron chi connectivity index (χ3n) is 3.14. The zero-order valence-electron chi connectivity index (χ0n) is 10.4. The number of hydrogen-bond donors (Lipinski definition) is 1. The van der Waals surface area contributed by atoms with Crippen LogP contribution in [0.2, 0.25) is 0 Å². The van der Waals surface area contributed by atoms with E-state index in [2.05, 4.69) is 44.5 Å². The van der Waals surface area contributed by atoms with E-state index in [0.29, 0.717) is 5.95 Å². The van der Waals surface area contributed by atoms with Crippen LogP contribution in [0.1, 0.15) is 18.1 Å². The Bertz CT molecular complexity index is 528. The highest BCUT2D eigenvalue weighted by atomic mass is 15.2. The van der Waals surface area contributed by atoms with Crippen LogP contribution in [0.3, 0.4) is 0 Å². The minimum atomic E-state index is 0.700. The molecule has 0 radical (unpaired) electrons. The van der Waals surface area contributed by atoms with E-state index >= 15 is 0 Å². The summed E-state index contributed by atoms with van der Waals surface area (Å²) < 4.78 is 0. The fourth-order valence-corrected chi connectivity index (χ4v) is 2.26. The fraction of sp³-hybridized carbons (Fsp3) is 0.286. The smallest absolute Gasteiger partial charge is 0.224 e. The molecule has 0 atom stereocenters. The van der Waals surface area contributed by atoms with Gasteiger partial charge >= 0.3 is 0 Å². The largest absolute Gasteiger partial charge is 0.354 e. The molecule has 4 nitrogen and oxygen atoms in total. The van der Waals surface area contributed by atoms with E-state index in [1.807, 2.05) is 19.2 Å². The number of nitrogens with zero attached hydrogens (tertiary/aromatic N) is 3. The molecular formula is C14H16N4. The lowest BCUT2D eigenvalue weighted by atomic mass is 10.1. The van der Waals surface area contributed by atoms with Crippen molar-refractivity contribution in [2.45, 2.75) is 20.0 Å². The van der Waals surface area contributed by atoms with Crippen LogP contribution in [0.5, 0.6) is 0 Å². The molecule has 0 unspecified atom stereocenters. The molecule has 3 rings (SSSR count). The lowest BCUT2D eigenvalue weighted by molar-refractivity contribution is 0.851. The molecule has 92 valence electrons. The highest BCUT2D eigenvalue weighted by molar-refractivity contribution is 5.48. The van der Waals surface area contributed by atoms with Gasteiger partial charge in [0.2, 0.25) is 5.95 Å². The Balaban J connectivity index is 1.83. The normalized spacial score (nSPS) is 13.5. The zero-order valence-corrected chi connectivity index (χ0v) is 10.4. The molecule has 0 saturated carbocycles. The topological polar surface area (TPSA) is 41.1 Å². The SMILES string of the molecule is CCNc1nccc(N2Cc3ccccc3C2)n1. The Morgan fingerprint density at radius 2 is 1.89 bits per heavy atom. The summed E-state index contributed by atoms with van der Waals surface area (Å²) >= 11 is 0. The van der Waals surface area contributed by atoms with Gasteiger partial charge in [-0.05, 0) is 24.1 Å². The summed E-state index contributed by atoms with van der Waals surface area (Å²) in [5.74, 6) is 1.68. The van der Waals surface area contributed by atoms with Crippen molar-refractivity contribution in [1.29, 1.82) is 0 Å². The fourth-order valence-electron chi connectivity index (χ4n) is 2.26. The molecule has 1 N–H and O–H groups in total. The van der Waals surface area contributed by atoms with Crippen molar-refractivity contribution in [3.63, 3.8) is 0 Å². The number of anilines is 2. The van der Waals surface area contributed by atoms with Crippen molar-refractivity contribution in [1.82, 2.24) is 9.97 Å². The summed E-state index contributed by atoms with van der Waals surface area (Å²) in [5.41, 5.74) is 2.78. The van der Waals surface area contributed by atoms with Gasteiger partial charge in [-0.15, -0.1) is 0 Å². The van der Waals surface area contributed by atoms with Gasteiger partial charge < -0.3 is 10.2 Å². The minimum absolute atomic E-state index is 0.700. The maximum atomic E-state index is 4.53. The van der Waals surface area contributed by atoms with E-state index in [1.54, 1.807) is 0 Å². The lowest BCUT2D eigenvalue weighted by Crippen LogP contribution is -2.17. The standard InChI is InChI=1S/C14H16N4/c1-2-15-14-16-8-7-13(17-14)18-9-11-5-3-4-6-12(11)10-18/h3-8H,2,9-10H2,1H3,(H,15,16,17). The van der Waals surface area contributed by atoms with Gasteiger partial charge in [-0.25, -0.2) is 4.98 Å². The van der Waals surface area contributed by atoms with Crippen molar-refractivity contribution in [3.8, 4) is 0 Å². The molecule has 0 aliphatic carbocycles. The molecule has 1 aliphatic rings. The van der Waals surface area contributed by atoms with E-state index in [0.717, 1.165) is 25.5 Å². The number of aromatic nitrogens is 2. The summed E-state index contributed by atoms with van der Waals surface area (Å²) in [6.07, 6.45) is 1.81. The van der Waals surface area contributed by atoms with Gasteiger partial charge in [-0.2, -0.15) is 4.98 Å². The van der Waals surface area contributed by atoms with Crippen LogP contribution >= 0.6 is 0 Å². The molecule has 1 aromatic heterocycles. The third-order valence-corrected chi connectivity index (χ3v) is 3.14. The van der Waals surface area contributed by atoms with Crippen LogP contribution in [0.25, 0.3) is 0 Å². The molecule has 4 heteroatoms. The van der Waals surface area contributed by atoms with E-state index in [4.69, 9.17) is 0 Å². The van der Waals surface area contributed by atoms with E-state index in [-0.39, 0.29) is 0 Å². The third kappa shape index (κ3) is 2.01. The number of nitrogens with one attached hydrogen (secondary N) is 1. The number of rotatable bonds is 3. The Morgan fingerprint density at radius 1 is 1.17 bits per heavy atom. The van der Waals surface area contributed by atoms with Crippen LogP contribution in [0.4, 0.5) is 11.8 Å². The quantitative estimate of drug-likeness (QED) is 0.894. The maximum Gasteiger partial charge on any atom is 0.224 e. The second kappa shape index (κ2) is 4.64. The molecule has 0 fully saturated rings. The first-order chi connectivity index (χ1) is 8.86. The van der Waals surface area contributed by atoms with Crippen LogP contribution < -0.4 is 10.2 Å². The summed E-state index contributed by atoms with van der Waals surface area (Å²) in [4.78, 5) is 11.0. The summed E-state index contributed by atoms with van der Waals surface area (Å²) in [6.45, 7) is 4.74. The molecule has 1 aliphatic heterocycles. The molecule has 2 aromatic rings. The zero-order chi connectivity index (χ0) is 12.4. The van der Waals surface area contributed by atoms with Crippen LogP contribution in [0.15, 0.2) is 36.5 Å². The van der Waals surface area contributed by atoms with Gasteiger partial charge in [0.1, 0.15) is 5.82 Å². The van der Waals surface area contributed by atoms with Crippen molar-refractivity contribution in [2.24, 2.45) is 0 Å². The Hall–Kier alpha value is -2.10.